The zero-order valence-corrected chi connectivity index (χ0v) is 14.3. The van der Waals surface area contributed by atoms with E-state index in [9.17, 15) is 9.90 Å². The molecular weight excluding hydrogens is 322 g/mol. The number of rotatable bonds is 7. The van der Waals surface area contributed by atoms with Crippen LogP contribution in [0.3, 0.4) is 0 Å². The van der Waals surface area contributed by atoms with Crippen molar-refractivity contribution in [2.45, 2.75) is 26.0 Å². The van der Waals surface area contributed by atoms with Crippen molar-refractivity contribution in [3.8, 4) is 5.75 Å². The van der Waals surface area contributed by atoms with Crippen LogP contribution in [0.2, 0.25) is 0 Å². The molecular formula is C18H23N3O4. The summed E-state index contributed by atoms with van der Waals surface area (Å²) in [5.41, 5.74) is 2.80. The third-order valence-corrected chi connectivity index (χ3v) is 4.14. The van der Waals surface area contributed by atoms with E-state index in [0.717, 1.165) is 19.5 Å². The van der Waals surface area contributed by atoms with Gasteiger partial charge in [-0.3, -0.25) is 10.00 Å². The number of β-amino-alcohol motifs (C(OH)–C–C–N with tert-alkyl or cyclic N) is 1. The van der Waals surface area contributed by atoms with Gasteiger partial charge in [0.2, 0.25) is 0 Å². The van der Waals surface area contributed by atoms with Crippen molar-refractivity contribution in [3.05, 3.63) is 47.3 Å². The fourth-order valence-electron chi connectivity index (χ4n) is 2.91. The second-order valence-electron chi connectivity index (χ2n) is 6.07. The van der Waals surface area contributed by atoms with Crippen LogP contribution in [-0.2, 0) is 17.7 Å². The molecule has 2 heterocycles. The Morgan fingerprint density at radius 2 is 2.36 bits per heavy atom. The molecule has 0 fully saturated rings. The summed E-state index contributed by atoms with van der Waals surface area (Å²) < 4.78 is 10.6. The highest BCUT2D eigenvalue weighted by Crippen LogP contribution is 2.17. The second-order valence-corrected chi connectivity index (χ2v) is 6.07. The predicted molar refractivity (Wildman–Crippen MR) is 91.5 cm³/mol. The Morgan fingerprint density at radius 3 is 3.20 bits per heavy atom. The van der Waals surface area contributed by atoms with E-state index in [2.05, 4.69) is 15.1 Å². The number of nitrogens with one attached hydrogen (secondary N) is 1. The fraction of sp³-hybridized carbons (Fsp3) is 0.444. The number of aromatic amines is 1. The number of aliphatic hydroxyl groups excluding tert-OH is 1. The van der Waals surface area contributed by atoms with Gasteiger partial charge in [-0.1, -0.05) is 6.07 Å². The molecule has 7 nitrogen and oxygen atoms in total. The quantitative estimate of drug-likeness (QED) is 0.737. The van der Waals surface area contributed by atoms with Gasteiger partial charge >= 0.3 is 5.97 Å². The minimum absolute atomic E-state index is 0.168. The first kappa shape index (κ1) is 17.4. The van der Waals surface area contributed by atoms with Gasteiger partial charge in [-0.2, -0.15) is 5.10 Å². The van der Waals surface area contributed by atoms with Crippen LogP contribution in [-0.4, -0.2) is 58.6 Å². The van der Waals surface area contributed by atoms with E-state index in [4.69, 9.17) is 9.47 Å². The minimum Gasteiger partial charge on any atom is -0.491 e. The lowest BCUT2D eigenvalue weighted by molar-refractivity contribution is 0.0524. The SMILES string of the molecule is CCOC(=O)c1cccc(OCC(O)CN2CCc3[nH]ncc3C2)c1. The lowest BCUT2D eigenvalue weighted by Crippen LogP contribution is -2.38. The molecule has 1 atom stereocenters. The van der Waals surface area contributed by atoms with Gasteiger partial charge < -0.3 is 14.6 Å². The monoisotopic (exact) mass is 345 g/mol. The highest BCUT2D eigenvalue weighted by molar-refractivity contribution is 5.89. The van der Waals surface area contributed by atoms with Gasteiger partial charge in [-0.15, -0.1) is 0 Å². The Balaban J connectivity index is 1.48. The first-order chi connectivity index (χ1) is 12.2. The lowest BCUT2D eigenvalue weighted by Gasteiger charge is -2.28. The molecule has 1 aliphatic rings. The van der Waals surface area contributed by atoms with Crippen molar-refractivity contribution < 1.29 is 19.4 Å². The van der Waals surface area contributed by atoms with Gasteiger partial charge in [-0.25, -0.2) is 4.79 Å². The number of ether oxygens (including phenoxy) is 2. The molecule has 1 aliphatic heterocycles. The van der Waals surface area contributed by atoms with Crippen LogP contribution < -0.4 is 4.74 Å². The van der Waals surface area contributed by atoms with Crippen molar-refractivity contribution in [2.75, 3.05) is 26.3 Å². The molecule has 3 rings (SSSR count). The number of carbonyl (C=O) groups is 1. The molecule has 0 radical (unpaired) electrons. The molecule has 2 aromatic rings. The average molecular weight is 345 g/mol. The maximum Gasteiger partial charge on any atom is 0.338 e. The van der Waals surface area contributed by atoms with Crippen molar-refractivity contribution in [1.29, 1.82) is 0 Å². The Hall–Kier alpha value is -2.38. The molecule has 0 spiro atoms. The highest BCUT2D eigenvalue weighted by Gasteiger charge is 2.20. The average Bonchev–Trinajstić information content (AvgIpc) is 3.08. The summed E-state index contributed by atoms with van der Waals surface area (Å²) in [6.07, 6.45) is 2.13. The fourth-order valence-corrected chi connectivity index (χ4v) is 2.91. The summed E-state index contributed by atoms with van der Waals surface area (Å²) in [4.78, 5) is 13.9. The molecule has 0 bridgehead atoms. The number of nitrogens with zero attached hydrogens (tertiary/aromatic N) is 2. The first-order valence-electron chi connectivity index (χ1n) is 8.47. The smallest absolute Gasteiger partial charge is 0.338 e. The summed E-state index contributed by atoms with van der Waals surface area (Å²) in [6.45, 7) is 4.45. The zero-order valence-electron chi connectivity index (χ0n) is 14.3. The molecule has 1 aromatic heterocycles. The van der Waals surface area contributed by atoms with Crippen molar-refractivity contribution in [1.82, 2.24) is 15.1 Å². The molecule has 134 valence electrons. The maximum atomic E-state index is 11.7. The molecule has 0 amide bonds. The molecule has 0 aliphatic carbocycles. The third-order valence-electron chi connectivity index (χ3n) is 4.14. The van der Waals surface area contributed by atoms with E-state index in [-0.39, 0.29) is 12.6 Å². The normalized spacial score (nSPS) is 15.4. The Kier molecular flexibility index (Phi) is 5.67. The van der Waals surface area contributed by atoms with Gasteiger partial charge in [-0.05, 0) is 25.1 Å². The van der Waals surface area contributed by atoms with Gasteiger partial charge in [0.05, 0.1) is 18.4 Å². The summed E-state index contributed by atoms with van der Waals surface area (Å²) in [5.74, 6) is 0.165. The van der Waals surface area contributed by atoms with E-state index in [1.807, 2.05) is 6.20 Å². The van der Waals surface area contributed by atoms with Crippen LogP contribution in [0.25, 0.3) is 0 Å². The van der Waals surface area contributed by atoms with Gasteiger partial charge in [0.25, 0.3) is 0 Å². The Morgan fingerprint density at radius 1 is 1.48 bits per heavy atom. The number of hydrogen-bond acceptors (Lipinski definition) is 6. The number of benzene rings is 1. The van der Waals surface area contributed by atoms with Crippen molar-refractivity contribution in [3.63, 3.8) is 0 Å². The lowest BCUT2D eigenvalue weighted by atomic mass is 10.1. The van der Waals surface area contributed by atoms with Gasteiger partial charge in [0.1, 0.15) is 18.5 Å². The summed E-state index contributed by atoms with van der Waals surface area (Å²) >= 11 is 0. The van der Waals surface area contributed by atoms with Crippen LogP contribution in [0.4, 0.5) is 0 Å². The number of H-pyrrole nitrogens is 1. The van der Waals surface area contributed by atoms with E-state index in [1.54, 1.807) is 31.2 Å². The minimum atomic E-state index is -0.611. The number of fused-ring (bicyclic) bond motifs is 1. The molecule has 1 unspecified atom stereocenters. The maximum absolute atomic E-state index is 11.7. The van der Waals surface area contributed by atoms with Crippen LogP contribution in [0.1, 0.15) is 28.5 Å². The van der Waals surface area contributed by atoms with Crippen LogP contribution >= 0.6 is 0 Å². The molecule has 1 aromatic carbocycles. The van der Waals surface area contributed by atoms with E-state index < -0.39 is 6.10 Å². The van der Waals surface area contributed by atoms with E-state index >= 15 is 0 Å². The van der Waals surface area contributed by atoms with Crippen LogP contribution in [0.15, 0.2) is 30.5 Å². The Labute approximate surface area is 146 Å². The molecule has 25 heavy (non-hydrogen) atoms. The zero-order chi connectivity index (χ0) is 17.6. The predicted octanol–water partition coefficient (Wildman–Crippen LogP) is 1.38. The number of carbonyl (C=O) groups excluding carboxylic acids is 1. The largest absolute Gasteiger partial charge is 0.491 e. The van der Waals surface area contributed by atoms with Gasteiger partial charge in [0, 0.05) is 37.3 Å². The number of aliphatic hydroxyl groups is 1. The third kappa shape index (κ3) is 4.58. The van der Waals surface area contributed by atoms with Crippen molar-refractivity contribution in [2.24, 2.45) is 0 Å². The molecule has 0 saturated heterocycles. The van der Waals surface area contributed by atoms with Gasteiger partial charge in [0.15, 0.2) is 0 Å². The number of aromatic nitrogens is 2. The molecule has 7 heteroatoms. The van der Waals surface area contributed by atoms with E-state index in [0.29, 0.717) is 24.5 Å². The molecule has 2 N–H and O–H groups in total. The van der Waals surface area contributed by atoms with Crippen LogP contribution in [0, 0.1) is 0 Å². The van der Waals surface area contributed by atoms with Crippen LogP contribution in [0.5, 0.6) is 5.75 Å². The second kappa shape index (κ2) is 8.13. The van der Waals surface area contributed by atoms with E-state index in [1.165, 1.54) is 11.3 Å². The summed E-state index contributed by atoms with van der Waals surface area (Å²) in [5, 5.41) is 17.3. The standard InChI is InChI=1S/C18H23N3O4/c1-2-24-18(23)13-4-3-5-16(8-13)25-12-15(22)11-21-7-6-17-14(10-21)9-19-20-17/h3-5,8-9,15,22H,2,6-7,10-12H2,1H3,(H,19,20). The highest BCUT2D eigenvalue weighted by atomic mass is 16.5. The topological polar surface area (TPSA) is 87.7 Å². The number of hydrogen-bond donors (Lipinski definition) is 2. The summed E-state index contributed by atoms with van der Waals surface area (Å²) in [6, 6.07) is 6.80. The first-order valence-corrected chi connectivity index (χ1v) is 8.47. The summed E-state index contributed by atoms with van der Waals surface area (Å²) in [7, 11) is 0. The molecule has 0 saturated carbocycles. The van der Waals surface area contributed by atoms with Crippen molar-refractivity contribution >= 4 is 5.97 Å². The number of esters is 1. The Bertz CT molecular complexity index is 716.